The zero-order valence-electron chi connectivity index (χ0n) is 26.8. The lowest BCUT2D eigenvalue weighted by atomic mass is 9.89. The van der Waals surface area contributed by atoms with Gasteiger partial charge in [-0.2, -0.15) is 4.72 Å². The first-order valence-electron chi connectivity index (χ1n) is 15.0. The number of piperazine rings is 1. The van der Waals surface area contributed by atoms with Crippen LogP contribution in [0.25, 0.3) is 0 Å². The number of hydrogen-bond donors (Lipinski definition) is 3. The number of sulfonamides is 1. The molecule has 2 amide bonds. The van der Waals surface area contributed by atoms with Gasteiger partial charge in [0.2, 0.25) is 15.9 Å². The molecule has 10 nitrogen and oxygen atoms in total. The van der Waals surface area contributed by atoms with Crippen LogP contribution in [0.4, 0.5) is 4.79 Å². The van der Waals surface area contributed by atoms with Crippen molar-refractivity contribution in [3.8, 4) is 0 Å². The topological polar surface area (TPSA) is 146 Å². The number of hydrogen-bond acceptors (Lipinski definition) is 6. The van der Waals surface area contributed by atoms with Crippen LogP contribution in [0.3, 0.4) is 0 Å². The van der Waals surface area contributed by atoms with Crippen LogP contribution in [-0.2, 0) is 26.0 Å². The van der Waals surface area contributed by atoms with E-state index in [4.69, 9.17) is 15.9 Å². The number of carbonyl (C=O) groups excluding carboxylic acids is 2. The molecule has 4 N–H and O–H groups in total. The fourth-order valence-corrected chi connectivity index (χ4v) is 7.16. The normalized spacial score (nSPS) is 14.5. The molecule has 0 aliphatic carbocycles. The lowest BCUT2D eigenvalue weighted by molar-refractivity contribution is -0.134. The summed E-state index contributed by atoms with van der Waals surface area (Å²) in [6.07, 6.45) is -0.366. The SMILES string of the molecule is CCOC(=O)N1CCN(C(=O)[C@H](Cc2cccc(C(=N)N)c2)NS(=O)(=O)c2c(C(C)C)cc(C(C)C)cc2C(C)C)CC1.Cl. The fourth-order valence-electron chi connectivity index (χ4n) is 5.27. The highest BCUT2D eigenvalue weighted by Gasteiger charge is 2.35. The number of nitrogens with two attached hydrogens (primary N) is 1. The molecule has 1 heterocycles. The van der Waals surface area contributed by atoms with Crippen molar-refractivity contribution in [2.45, 2.75) is 83.6 Å². The van der Waals surface area contributed by atoms with E-state index in [0.717, 1.165) is 16.7 Å². The van der Waals surface area contributed by atoms with Crippen molar-refractivity contribution in [3.63, 3.8) is 0 Å². The van der Waals surface area contributed by atoms with E-state index in [2.05, 4.69) is 18.6 Å². The maximum atomic E-state index is 14.3. The minimum absolute atomic E-state index is 0. The molecule has 1 fully saturated rings. The Labute approximate surface area is 268 Å². The molecule has 0 radical (unpaired) electrons. The maximum absolute atomic E-state index is 14.3. The number of rotatable bonds is 11. The third kappa shape index (κ3) is 8.95. The van der Waals surface area contributed by atoms with Gasteiger partial charge in [-0.05, 0) is 59.4 Å². The molecule has 0 aromatic heterocycles. The van der Waals surface area contributed by atoms with Gasteiger partial charge >= 0.3 is 6.09 Å². The summed E-state index contributed by atoms with van der Waals surface area (Å²) < 4.78 is 36.6. The molecule has 1 aliphatic rings. The quantitative estimate of drug-likeness (QED) is 0.232. The number of amidine groups is 1. The summed E-state index contributed by atoms with van der Waals surface area (Å²) in [5.74, 6) is -0.416. The van der Waals surface area contributed by atoms with Crippen LogP contribution in [0.15, 0.2) is 41.3 Å². The van der Waals surface area contributed by atoms with E-state index in [0.29, 0.717) is 11.1 Å². The molecule has 2 aromatic carbocycles. The van der Waals surface area contributed by atoms with Crippen LogP contribution >= 0.6 is 12.4 Å². The Bertz CT molecular complexity index is 1410. The number of nitrogens with zero attached hydrogens (tertiary/aromatic N) is 2. The average Bonchev–Trinajstić information content (AvgIpc) is 2.95. The predicted octanol–water partition coefficient (Wildman–Crippen LogP) is 4.95. The van der Waals surface area contributed by atoms with E-state index in [-0.39, 0.29) is 86.0 Å². The molecule has 0 saturated carbocycles. The highest BCUT2D eigenvalue weighted by molar-refractivity contribution is 7.89. The van der Waals surface area contributed by atoms with Crippen molar-refractivity contribution in [1.82, 2.24) is 14.5 Å². The number of nitrogens with one attached hydrogen (secondary N) is 2. The molecular weight excluding hydrogens is 602 g/mol. The van der Waals surface area contributed by atoms with Gasteiger partial charge in [0.25, 0.3) is 0 Å². The van der Waals surface area contributed by atoms with Gasteiger partial charge in [0.1, 0.15) is 11.9 Å². The summed E-state index contributed by atoms with van der Waals surface area (Å²) in [6.45, 7) is 15.1. The molecule has 0 spiro atoms. The molecule has 244 valence electrons. The van der Waals surface area contributed by atoms with Crippen molar-refractivity contribution in [2.24, 2.45) is 5.73 Å². The zero-order valence-corrected chi connectivity index (χ0v) is 28.5. The first kappa shape index (κ1) is 37.0. The van der Waals surface area contributed by atoms with Crippen LogP contribution in [0, 0.1) is 5.41 Å². The van der Waals surface area contributed by atoms with Crippen LogP contribution in [0.2, 0.25) is 0 Å². The second-order valence-electron chi connectivity index (χ2n) is 12.0. The van der Waals surface area contributed by atoms with Crippen LogP contribution in [0.5, 0.6) is 0 Å². The summed E-state index contributed by atoms with van der Waals surface area (Å²) in [4.78, 5) is 29.6. The van der Waals surface area contributed by atoms with Crippen molar-refractivity contribution >= 4 is 40.3 Å². The number of halogens is 1. The summed E-state index contributed by atoms with van der Waals surface area (Å²) in [5.41, 5.74) is 9.37. The molecule has 3 rings (SSSR count). The standard InChI is InChI=1S/C32H47N5O5S.ClH/c1-8-42-32(39)37-14-12-36(13-15-37)31(38)28(17-23-10-9-11-24(16-23)30(33)34)35-43(40,41)29-26(21(4)5)18-25(20(2)3)19-27(29)22(6)7;/h9-11,16,18-22,28,35H,8,12-15,17H2,1-7H3,(H3,33,34);1H/t28-;/m0./s1. The highest BCUT2D eigenvalue weighted by atomic mass is 35.5. The number of carbonyl (C=O) groups is 2. The fraction of sp³-hybridized carbons (Fsp3) is 0.531. The monoisotopic (exact) mass is 649 g/mol. The predicted molar refractivity (Wildman–Crippen MR) is 176 cm³/mol. The maximum Gasteiger partial charge on any atom is 0.409 e. The molecule has 44 heavy (non-hydrogen) atoms. The molecule has 1 aliphatic heterocycles. The smallest absolute Gasteiger partial charge is 0.409 e. The van der Waals surface area contributed by atoms with Gasteiger partial charge in [-0.1, -0.05) is 71.9 Å². The molecule has 1 saturated heterocycles. The van der Waals surface area contributed by atoms with E-state index in [1.54, 1.807) is 41.0 Å². The van der Waals surface area contributed by atoms with Gasteiger partial charge in [0.15, 0.2) is 0 Å². The summed E-state index contributed by atoms with van der Waals surface area (Å²) in [7, 11) is -4.16. The first-order valence-corrected chi connectivity index (χ1v) is 16.5. The number of amides is 2. The van der Waals surface area contributed by atoms with Crippen molar-refractivity contribution < 1.29 is 22.7 Å². The Balaban J connectivity index is 0.00000675. The van der Waals surface area contributed by atoms with Crippen LogP contribution < -0.4 is 10.5 Å². The Hall–Kier alpha value is -3.15. The molecular formula is C32H48ClN5O5S. The van der Waals surface area contributed by atoms with E-state index in [1.807, 2.05) is 39.8 Å². The lowest BCUT2D eigenvalue weighted by Gasteiger charge is -2.36. The van der Waals surface area contributed by atoms with E-state index in [9.17, 15) is 18.0 Å². The van der Waals surface area contributed by atoms with E-state index >= 15 is 0 Å². The summed E-state index contributed by atoms with van der Waals surface area (Å²) in [5, 5.41) is 7.82. The number of benzene rings is 2. The number of ether oxygens (including phenoxy) is 1. The average molecular weight is 650 g/mol. The number of nitrogen functional groups attached to an aromatic ring is 1. The summed E-state index contributed by atoms with van der Waals surface area (Å²) >= 11 is 0. The van der Waals surface area contributed by atoms with Crippen molar-refractivity contribution in [3.05, 3.63) is 64.2 Å². The zero-order chi connectivity index (χ0) is 32.1. The van der Waals surface area contributed by atoms with Gasteiger partial charge in [-0.3, -0.25) is 10.2 Å². The lowest BCUT2D eigenvalue weighted by Crippen LogP contribution is -2.56. The van der Waals surface area contributed by atoms with Gasteiger partial charge < -0.3 is 20.3 Å². The third-order valence-corrected chi connectivity index (χ3v) is 9.34. The van der Waals surface area contributed by atoms with Gasteiger partial charge in [-0.15, -0.1) is 12.4 Å². The van der Waals surface area contributed by atoms with Crippen molar-refractivity contribution in [1.29, 1.82) is 5.41 Å². The third-order valence-electron chi connectivity index (χ3n) is 7.74. The van der Waals surface area contributed by atoms with Gasteiger partial charge in [-0.25, -0.2) is 13.2 Å². The molecule has 12 heteroatoms. The van der Waals surface area contributed by atoms with Crippen molar-refractivity contribution in [2.75, 3.05) is 32.8 Å². The Morgan fingerprint density at radius 3 is 1.95 bits per heavy atom. The molecule has 0 unspecified atom stereocenters. The van der Waals surface area contributed by atoms with Gasteiger partial charge in [0.05, 0.1) is 11.5 Å². The highest BCUT2D eigenvalue weighted by Crippen LogP contribution is 2.35. The molecule has 1 atom stereocenters. The Morgan fingerprint density at radius 1 is 0.932 bits per heavy atom. The largest absolute Gasteiger partial charge is 0.450 e. The Morgan fingerprint density at radius 2 is 1.48 bits per heavy atom. The van der Waals surface area contributed by atoms with Gasteiger partial charge in [0, 0.05) is 31.7 Å². The summed E-state index contributed by atoms with van der Waals surface area (Å²) in [6, 6.07) is 9.74. The molecule has 2 aromatic rings. The molecule has 0 bridgehead atoms. The first-order chi connectivity index (χ1) is 20.2. The van der Waals surface area contributed by atoms with Crippen LogP contribution in [0.1, 0.15) is 94.0 Å². The van der Waals surface area contributed by atoms with Crippen LogP contribution in [-0.4, -0.2) is 74.9 Å². The minimum atomic E-state index is -4.16. The minimum Gasteiger partial charge on any atom is -0.450 e. The van der Waals surface area contributed by atoms with E-state index in [1.165, 1.54) is 0 Å². The van der Waals surface area contributed by atoms with E-state index < -0.39 is 22.2 Å². The Kier molecular flexibility index (Phi) is 13.2. The second-order valence-corrected chi connectivity index (χ2v) is 13.6. The second kappa shape index (κ2) is 15.7.